The molecule has 0 aromatic carbocycles. The minimum atomic E-state index is 0.354. The first-order valence-corrected chi connectivity index (χ1v) is 4.16. The van der Waals surface area contributed by atoms with Crippen molar-refractivity contribution in [1.29, 1.82) is 0 Å². The number of nitrogens with zero attached hydrogens (tertiary/aromatic N) is 1. The van der Waals surface area contributed by atoms with E-state index in [1.54, 1.807) is 6.20 Å². The number of nitrogens with two attached hydrogens (primary N) is 1. The normalized spacial score (nSPS) is 12.8. The maximum Gasteiger partial charge on any atom is 0.0541 e. The molecule has 3 nitrogen and oxygen atoms in total. The first kappa shape index (κ1) is 9.16. The highest BCUT2D eigenvalue weighted by Gasteiger charge is 1.97. The van der Waals surface area contributed by atoms with Crippen LogP contribution in [0.25, 0.3) is 0 Å². The number of rotatable bonds is 4. The van der Waals surface area contributed by atoms with Crippen LogP contribution in [-0.2, 0) is 6.54 Å². The SMILES string of the molecule is C[C@H](CN)NCc1ccccn1. The summed E-state index contributed by atoms with van der Waals surface area (Å²) in [6.07, 6.45) is 1.80. The molecule has 1 atom stereocenters. The molecule has 0 spiro atoms. The summed E-state index contributed by atoms with van der Waals surface area (Å²) in [6.45, 7) is 3.51. The second-order valence-corrected chi connectivity index (χ2v) is 2.84. The molecular weight excluding hydrogens is 150 g/mol. The van der Waals surface area contributed by atoms with Crippen molar-refractivity contribution in [3.63, 3.8) is 0 Å². The van der Waals surface area contributed by atoms with E-state index in [-0.39, 0.29) is 0 Å². The largest absolute Gasteiger partial charge is 0.329 e. The summed E-state index contributed by atoms with van der Waals surface area (Å²) in [5, 5.41) is 3.26. The van der Waals surface area contributed by atoms with E-state index in [0.29, 0.717) is 12.6 Å². The third-order valence-corrected chi connectivity index (χ3v) is 1.71. The second kappa shape index (κ2) is 4.85. The summed E-state index contributed by atoms with van der Waals surface area (Å²) in [5.41, 5.74) is 6.51. The number of hydrogen-bond donors (Lipinski definition) is 2. The topological polar surface area (TPSA) is 50.9 Å². The molecule has 66 valence electrons. The van der Waals surface area contributed by atoms with Gasteiger partial charge in [-0.3, -0.25) is 4.98 Å². The lowest BCUT2D eigenvalue weighted by molar-refractivity contribution is 0.550. The van der Waals surface area contributed by atoms with E-state index in [1.165, 1.54) is 0 Å². The lowest BCUT2D eigenvalue weighted by atomic mass is 10.3. The van der Waals surface area contributed by atoms with Crippen molar-refractivity contribution in [2.75, 3.05) is 6.54 Å². The summed E-state index contributed by atoms with van der Waals surface area (Å²) in [4.78, 5) is 4.18. The molecule has 0 saturated heterocycles. The van der Waals surface area contributed by atoms with Gasteiger partial charge in [0.1, 0.15) is 0 Å². The Balaban J connectivity index is 2.33. The maximum atomic E-state index is 5.45. The van der Waals surface area contributed by atoms with Crippen molar-refractivity contribution >= 4 is 0 Å². The van der Waals surface area contributed by atoms with Gasteiger partial charge >= 0.3 is 0 Å². The molecule has 0 fully saturated rings. The number of nitrogens with one attached hydrogen (secondary N) is 1. The van der Waals surface area contributed by atoms with Crippen molar-refractivity contribution in [2.45, 2.75) is 19.5 Å². The van der Waals surface area contributed by atoms with Gasteiger partial charge in [0.25, 0.3) is 0 Å². The van der Waals surface area contributed by atoms with Gasteiger partial charge in [0, 0.05) is 25.3 Å². The highest BCUT2D eigenvalue weighted by molar-refractivity contribution is 5.02. The van der Waals surface area contributed by atoms with Crippen LogP contribution in [0.2, 0.25) is 0 Å². The summed E-state index contributed by atoms with van der Waals surface area (Å²) >= 11 is 0. The average Bonchev–Trinajstić information content (AvgIpc) is 2.16. The van der Waals surface area contributed by atoms with Crippen LogP contribution in [0, 0.1) is 0 Å². The van der Waals surface area contributed by atoms with Crippen LogP contribution in [-0.4, -0.2) is 17.6 Å². The molecule has 1 heterocycles. The Kier molecular flexibility index (Phi) is 3.70. The minimum absolute atomic E-state index is 0.354. The molecule has 3 N–H and O–H groups in total. The lowest BCUT2D eigenvalue weighted by Gasteiger charge is -2.09. The predicted molar refractivity (Wildman–Crippen MR) is 49.6 cm³/mol. The van der Waals surface area contributed by atoms with Crippen molar-refractivity contribution in [3.8, 4) is 0 Å². The molecule has 0 radical (unpaired) electrons. The summed E-state index contributed by atoms with van der Waals surface area (Å²) in [6, 6.07) is 6.25. The number of hydrogen-bond acceptors (Lipinski definition) is 3. The van der Waals surface area contributed by atoms with Crippen LogP contribution in [0.5, 0.6) is 0 Å². The molecule has 0 unspecified atom stereocenters. The van der Waals surface area contributed by atoms with Gasteiger partial charge in [0.2, 0.25) is 0 Å². The first-order chi connectivity index (χ1) is 5.83. The molecule has 0 saturated carbocycles. The molecule has 1 aromatic rings. The standard InChI is InChI=1S/C9H15N3/c1-8(6-10)12-7-9-4-2-3-5-11-9/h2-5,8,12H,6-7,10H2,1H3/t8-/m1/s1. The van der Waals surface area contributed by atoms with Gasteiger partial charge in [-0.15, -0.1) is 0 Å². The van der Waals surface area contributed by atoms with E-state index >= 15 is 0 Å². The van der Waals surface area contributed by atoms with Crippen molar-refractivity contribution in [3.05, 3.63) is 30.1 Å². The fourth-order valence-electron chi connectivity index (χ4n) is 0.865. The molecule has 1 aromatic heterocycles. The Labute approximate surface area is 73.0 Å². The Hall–Kier alpha value is -0.930. The summed E-state index contributed by atoms with van der Waals surface area (Å²) in [7, 11) is 0. The summed E-state index contributed by atoms with van der Waals surface area (Å²) in [5.74, 6) is 0. The molecule has 0 aliphatic rings. The van der Waals surface area contributed by atoms with Crippen LogP contribution < -0.4 is 11.1 Å². The maximum absolute atomic E-state index is 5.45. The van der Waals surface area contributed by atoms with Gasteiger partial charge in [-0.05, 0) is 19.1 Å². The third kappa shape index (κ3) is 2.98. The Bertz CT molecular complexity index is 210. The molecule has 0 aliphatic carbocycles. The fraction of sp³-hybridized carbons (Fsp3) is 0.444. The molecule has 3 heteroatoms. The van der Waals surface area contributed by atoms with Crippen LogP contribution in [0.15, 0.2) is 24.4 Å². The van der Waals surface area contributed by atoms with Gasteiger partial charge in [-0.25, -0.2) is 0 Å². The zero-order chi connectivity index (χ0) is 8.81. The first-order valence-electron chi connectivity index (χ1n) is 4.16. The second-order valence-electron chi connectivity index (χ2n) is 2.84. The highest BCUT2D eigenvalue weighted by atomic mass is 14.9. The van der Waals surface area contributed by atoms with Crippen molar-refractivity contribution in [2.24, 2.45) is 5.73 Å². The van der Waals surface area contributed by atoms with E-state index in [4.69, 9.17) is 5.73 Å². The Morgan fingerprint density at radius 1 is 1.58 bits per heavy atom. The van der Waals surface area contributed by atoms with Crippen molar-refractivity contribution < 1.29 is 0 Å². The summed E-state index contributed by atoms with van der Waals surface area (Å²) < 4.78 is 0. The van der Waals surface area contributed by atoms with E-state index in [9.17, 15) is 0 Å². The zero-order valence-corrected chi connectivity index (χ0v) is 7.33. The molecular formula is C9H15N3. The smallest absolute Gasteiger partial charge is 0.0541 e. The lowest BCUT2D eigenvalue weighted by Crippen LogP contribution is -2.32. The van der Waals surface area contributed by atoms with Crippen LogP contribution in [0.3, 0.4) is 0 Å². The number of aromatic nitrogens is 1. The van der Waals surface area contributed by atoms with Crippen LogP contribution in [0.1, 0.15) is 12.6 Å². The van der Waals surface area contributed by atoms with Gasteiger partial charge < -0.3 is 11.1 Å². The molecule has 1 rings (SSSR count). The van der Waals surface area contributed by atoms with E-state index in [1.807, 2.05) is 18.2 Å². The number of pyridine rings is 1. The quantitative estimate of drug-likeness (QED) is 0.683. The molecule has 0 amide bonds. The predicted octanol–water partition coefficient (Wildman–Crippen LogP) is 0.518. The molecule has 12 heavy (non-hydrogen) atoms. The zero-order valence-electron chi connectivity index (χ0n) is 7.33. The monoisotopic (exact) mass is 165 g/mol. The highest BCUT2D eigenvalue weighted by Crippen LogP contribution is 1.92. The van der Waals surface area contributed by atoms with Crippen LogP contribution in [0.4, 0.5) is 0 Å². The van der Waals surface area contributed by atoms with Crippen molar-refractivity contribution in [1.82, 2.24) is 10.3 Å². The van der Waals surface area contributed by atoms with E-state index in [2.05, 4.69) is 17.2 Å². The van der Waals surface area contributed by atoms with Gasteiger partial charge in [0.05, 0.1) is 5.69 Å². The van der Waals surface area contributed by atoms with Gasteiger partial charge in [0.15, 0.2) is 0 Å². The molecule has 0 bridgehead atoms. The van der Waals surface area contributed by atoms with Crippen LogP contribution >= 0.6 is 0 Å². The fourth-order valence-corrected chi connectivity index (χ4v) is 0.865. The third-order valence-electron chi connectivity index (χ3n) is 1.71. The minimum Gasteiger partial charge on any atom is -0.329 e. The molecule has 0 aliphatic heterocycles. The van der Waals surface area contributed by atoms with E-state index < -0.39 is 0 Å². The average molecular weight is 165 g/mol. The van der Waals surface area contributed by atoms with Gasteiger partial charge in [-0.2, -0.15) is 0 Å². The Morgan fingerprint density at radius 3 is 3.00 bits per heavy atom. The Morgan fingerprint density at radius 2 is 2.42 bits per heavy atom. The van der Waals surface area contributed by atoms with Gasteiger partial charge in [-0.1, -0.05) is 6.07 Å². The van der Waals surface area contributed by atoms with E-state index in [0.717, 1.165) is 12.2 Å².